The van der Waals surface area contributed by atoms with Crippen LogP contribution in [0.4, 0.5) is 0 Å². The SMILES string of the molecule is CC(=O)N(C)/C([S-])=N/N=C(C)/C(C)=N/N=C(\[S-])N(C)C(C)=O.[Cu+2]. The topological polar surface area (TPSA) is 90.1 Å². The number of amidine groups is 2. The van der Waals surface area contributed by atoms with E-state index in [1.807, 2.05) is 0 Å². The van der Waals surface area contributed by atoms with Gasteiger partial charge >= 0.3 is 17.1 Å². The molecule has 23 heavy (non-hydrogen) atoms. The summed E-state index contributed by atoms with van der Waals surface area (Å²) in [5, 5.41) is 15.4. The van der Waals surface area contributed by atoms with Crippen LogP contribution >= 0.6 is 0 Å². The molecule has 0 saturated carbocycles. The molecular formula is C12H18CuN6O2S2. The Hall–Kier alpha value is -1.42. The predicted molar refractivity (Wildman–Crippen MR) is 92.7 cm³/mol. The summed E-state index contributed by atoms with van der Waals surface area (Å²) in [6.45, 7) is 6.06. The standard InChI is InChI=1S/C12H20N6O2S2.Cu/c1-7(13-15-11(21)17(5)9(3)19)8(2)14-16-12(22)18(6)10(4)20;/h1-6H3,(H,15,21)(H,16,22);/q;+2/p-2/b13-7+,14-8+;. The van der Waals surface area contributed by atoms with Crippen molar-refractivity contribution in [3.05, 3.63) is 0 Å². The Kier molecular flexibility index (Phi) is 11.6. The molecule has 0 aromatic carbocycles. The summed E-state index contributed by atoms with van der Waals surface area (Å²) in [5.41, 5.74) is 0.910. The van der Waals surface area contributed by atoms with Gasteiger partial charge in [0.2, 0.25) is 11.8 Å². The molecule has 0 heterocycles. The van der Waals surface area contributed by atoms with Gasteiger partial charge in [0, 0.05) is 38.3 Å². The zero-order chi connectivity index (χ0) is 17.4. The maximum atomic E-state index is 11.1. The first-order valence-corrected chi connectivity index (χ1v) is 6.97. The number of hydrogen-bond donors (Lipinski definition) is 0. The molecule has 0 aliphatic rings. The summed E-state index contributed by atoms with van der Waals surface area (Å²) in [6.07, 6.45) is 0. The van der Waals surface area contributed by atoms with Gasteiger partial charge in [0.25, 0.3) is 0 Å². The van der Waals surface area contributed by atoms with Crippen LogP contribution in [0.3, 0.4) is 0 Å². The molecule has 0 bridgehead atoms. The van der Waals surface area contributed by atoms with Crippen LogP contribution in [0.25, 0.3) is 0 Å². The molecule has 0 aliphatic carbocycles. The monoisotopic (exact) mass is 405 g/mol. The van der Waals surface area contributed by atoms with Crippen molar-refractivity contribution >= 4 is 58.8 Å². The van der Waals surface area contributed by atoms with Crippen molar-refractivity contribution in [2.75, 3.05) is 14.1 Å². The van der Waals surface area contributed by atoms with Gasteiger partial charge < -0.3 is 35.1 Å². The molecule has 0 aliphatic heterocycles. The first kappa shape index (κ1) is 23.8. The number of amides is 2. The number of rotatable bonds is 3. The van der Waals surface area contributed by atoms with Crippen LogP contribution in [0.1, 0.15) is 27.7 Å². The van der Waals surface area contributed by atoms with Crippen molar-refractivity contribution in [3.8, 4) is 0 Å². The van der Waals surface area contributed by atoms with Crippen molar-refractivity contribution in [3.63, 3.8) is 0 Å². The molecule has 0 saturated heterocycles. The Balaban J connectivity index is 0. The van der Waals surface area contributed by atoms with E-state index in [2.05, 4.69) is 20.4 Å². The van der Waals surface area contributed by atoms with Crippen molar-refractivity contribution in [2.24, 2.45) is 20.4 Å². The second-order valence-electron chi connectivity index (χ2n) is 4.29. The minimum atomic E-state index is -0.236. The number of nitrogens with zero attached hydrogens (tertiary/aromatic N) is 6. The molecule has 1 radical (unpaired) electrons. The number of carbonyl (C=O) groups is 2. The second-order valence-corrected chi connectivity index (χ2v) is 5.02. The molecular weight excluding hydrogens is 388 g/mol. The van der Waals surface area contributed by atoms with Crippen LogP contribution in [0.2, 0.25) is 0 Å². The molecule has 11 heteroatoms. The van der Waals surface area contributed by atoms with E-state index >= 15 is 0 Å². The van der Waals surface area contributed by atoms with E-state index in [1.165, 1.54) is 37.7 Å². The van der Waals surface area contributed by atoms with Crippen LogP contribution in [0.15, 0.2) is 20.4 Å². The molecule has 8 nitrogen and oxygen atoms in total. The molecule has 131 valence electrons. The number of carbonyl (C=O) groups excluding carboxylic acids is 2. The van der Waals surface area contributed by atoms with Gasteiger partial charge in [0.15, 0.2) is 0 Å². The predicted octanol–water partition coefficient (Wildman–Crippen LogP) is 0.498. The zero-order valence-corrected chi connectivity index (χ0v) is 16.2. The Morgan fingerprint density at radius 1 is 0.696 bits per heavy atom. The molecule has 0 rings (SSSR count). The van der Waals surface area contributed by atoms with E-state index in [1.54, 1.807) is 13.8 Å². The van der Waals surface area contributed by atoms with E-state index in [4.69, 9.17) is 25.3 Å². The van der Waals surface area contributed by atoms with E-state index in [-0.39, 0.29) is 39.2 Å². The van der Waals surface area contributed by atoms with Crippen molar-refractivity contribution in [1.82, 2.24) is 9.80 Å². The Bertz CT molecular complexity index is 524. The fraction of sp³-hybridized carbons (Fsp3) is 0.500. The van der Waals surface area contributed by atoms with Crippen LogP contribution in [0, 0.1) is 0 Å². The van der Waals surface area contributed by atoms with E-state index < -0.39 is 0 Å². The Morgan fingerprint density at radius 2 is 0.957 bits per heavy atom. The van der Waals surface area contributed by atoms with E-state index in [0.717, 1.165) is 0 Å². The zero-order valence-electron chi connectivity index (χ0n) is 13.6. The molecule has 2 amide bonds. The van der Waals surface area contributed by atoms with Gasteiger partial charge in [0.05, 0.1) is 11.4 Å². The molecule has 0 atom stereocenters. The van der Waals surface area contributed by atoms with Gasteiger partial charge in [-0.1, -0.05) is 0 Å². The minimum absolute atomic E-state index is 0. The average molecular weight is 406 g/mol. The molecule has 0 aromatic heterocycles. The van der Waals surface area contributed by atoms with Gasteiger partial charge in [-0.25, -0.2) is 0 Å². The van der Waals surface area contributed by atoms with E-state index in [9.17, 15) is 9.59 Å². The van der Waals surface area contributed by atoms with Gasteiger partial charge in [-0.2, -0.15) is 20.4 Å². The minimum Gasteiger partial charge on any atom is -0.740 e. The summed E-state index contributed by atoms with van der Waals surface area (Å²) in [6, 6.07) is 0. The number of hydrogen-bond acceptors (Lipinski definition) is 8. The summed E-state index contributed by atoms with van der Waals surface area (Å²) < 4.78 is 0. The quantitative estimate of drug-likeness (QED) is 0.225. The second kappa shape index (κ2) is 11.2. The maximum absolute atomic E-state index is 11.1. The normalized spacial score (nSPS) is 13.3. The van der Waals surface area contributed by atoms with Crippen LogP contribution in [-0.4, -0.2) is 57.5 Å². The van der Waals surface area contributed by atoms with Crippen LogP contribution in [0.5, 0.6) is 0 Å². The van der Waals surface area contributed by atoms with Crippen LogP contribution in [-0.2, 0) is 51.9 Å². The molecule has 0 N–H and O–H groups in total. The summed E-state index contributed by atoms with van der Waals surface area (Å²) in [7, 11) is 3.01. The van der Waals surface area contributed by atoms with Gasteiger partial charge in [0.1, 0.15) is 0 Å². The van der Waals surface area contributed by atoms with Crippen molar-refractivity contribution < 1.29 is 26.7 Å². The molecule has 0 spiro atoms. The maximum Gasteiger partial charge on any atom is 2.00 e. The third-order valence-corrected chi connectivity index (χ3v) is 3.32. The Morgan fingerprint density at radius 3 is 1.17 bits per heavy atom. The Labute approximate surface area is 157 Å². The van der Waals surface area contributed by atoms with Crippen molar-refractivity contribution in [2.45, 2.75) is 27.7 Å². The third-order valence-electron chi connectivity index (χ3n) is 2.61. The summed E-state index contributed by atoms with van der Waals surface area (Å²) >= 11 is 9.86. The van der Waals surface area contributed by atoms with Crippen molar-refractivity contribution in [1.29, 1.82) is 0 Å². The summed E-state index contributed by atoms with van der Waals surface area (Å²) in [5.74, 6) is -0.473. The largest absolute Gasteiger partial charge is 2.00 e. The first-order valence-electron chi connectivity index (χ1n) is 6.15. The fourth-order valence-electron chi connectivity index (χ4n) is 0.784. The fourth-order valence-corrected chi connectivity index (χ4v) is 1.12. The smallest absolute Gasteiger partial charge is 0.740 e. The van der Waals surface area contributed by atoms with Gasteiger partial charge in [-0.3, -0.25) is 9.59 Å². The summed E-state index contributed by atoms with van der Waals surface area (Å²) in [4.78, 5) is 24.6. The average Bonchev–Trinajstić information content (AvgIpc) is 2.47. The molecule has 0 fully saturated rings. The molecule has 0 aromatic rings. The van der Waals surface area contributed by atoms with Gasteiger partial charge in [-0.05, 0) is 13.8 Å². The van der Waals surface area contributed by atoms with E-state index in [0.29, 0.717) is 11.4 Å². The van der Waals surface area contributed by atoms with Gasteiger partial charge in [-0.15, -0.1) is 0 Å². The first-order chi connectivity index (χ1) is 10.1. The third kappa shape index (κ3) is 8.70. The molecule has 0 unspecified atom stereocenters. The van der Waals surface area contributed by atoms with Crippen LogP contribution < -0.4 is 0 Å².